The summed E-state index contributed by atoms with van der Waals surface area (Å²) in [5.74, 6) is 1.19. The van der Waals surface area contributed by atoms with E-state index in [1.807, 2.05) is 42.1 Å². The lowest BCUT2D eigenvalue weighted by atomic mass is 10.2. The van der Waals surface area contributed by atoms with Crippen molar-refractivity contribution in [2.45, 2.75) is 25.3 Å². The van der Waals surface area contributed by atoms with Crippen molar-refractivity contribution in [2.75, 3.05) is 23.0 Å². The summed E-state index contributed by atoms with van der Waals surface area (Å²) in [6.45, 7) is 0.405. The molecule has 6 heteroatoms. The Morgan fingerprint density at radius 2 is 2.10 bits per heavy atom. The minimum atomic E-state index is -0.837. The number of urea groups is 1. The number of carboxylic acid groups (broad SMARTS) is 1. The van der Waals surface area contributed by atoms with Gasteiger partial charge in [-0.3, -0.25) is 9.69 Å². The van der Waals surface area contributed by atoms with Gasteiger partial charge in [-0.2, -0.15) is 11.8 Å². The second-order valence-corrected chi connectivity index (χ2v) is 6.14. The number of rotatable bonds is 6. The van der Waals surface area contributed by atoms with Crippen LogP contribution in [-0.4, -0.2) is 41.2 Å². The van der Waals surface area contributed by atoms with Gasteiger partial charge < -0.3 is 10.4 Å². The maximum Gasteiger partial charge on any atom is 0.322 e. The molecule has 1 aliphatic rings. The van der Waals surface area contributed by atoms with Gasteiger partial charge in [0.1, 0.15) is 0 Å². The van der Waals surface area contributed by atoms with Crippen LogP contribution in [0.2, 0.25) is 0 Å². The molecule has 0 aliphatic carbocycles. The predicted molar refractivity (Wildman–Crippen MR) is 84.9 cm³/mol. The molecule has 5 nitrogen and oxygen atoms in total. The molecule has 0 aromatic heterocycles. The van der Waals surface area contributed by atoms with E-state index < -0.39 is 5.97 Å². The van der Waals surface area contributed by atoms with Gasteiger partial charge in [-0.05, 0) is 30.7 Å². The van der Waals surface area contributed by atoms with E-state index in [0.29, 0.717) is 13.0 Å². The van der Waals surface area contributed by atoms with Gasteiger partial charge in [0.2, 0.25) is 0 Å². The summed E-state index contributed by atoms with van der Waals surface area (Å²) in [6, 6.07) is 9.45. The molecule has 1 saturated heterocycles. The largest absolute Gasteiger partial charge is 0.481 e. The zero-order valence-corrected chi connectivity index (χ0v) is 12.6. The molecule has 2 rings (SSSR count). The van der Waals surface area contributed by atoms with Gasteiger partial charge >= 0.3 is 12.0 Å². The van der Waals surface area contributed by atoms with Crippen LogP contribution in [0.4, 0.5) is 10.5 Å². The highest BCUT2D eigenvalue weighted by Gasteiger charge is 2.22. The minimum absolute atomic E-state index is 0.0654. The predicted octanol–water partition coefficient (Wildman–Crippen LogP) is 2.57. The molecule has 1 aromatic rings. The molecule has 1 aliphatic heterocycles. The first-order valence-electron chi connectivity index (χ1n) is 7.09. The topological polar surface area (TPSA) is 69.6 Å². The molecule has 0 saturated carbocycles. The summed E-state index contributed by atoms with van der Waals surface area (Å²) >= 11 is 1.84. The Labute approximate surface area is 128 Å². The highest BCUT2D eigenvalue weighted by Crippen LogP contribution is 2.19. The Morgan fingerprint density at radius 3 is 2.71 bits per heavy atom. The number of hydrogen-bond acceptors (Lipinski definition) is 3. The highest BCUT2D eigenvalue weighted by atomic mass is 32.2. The van der Waals surface area contributed by atoms with Crippen LogP contribution in [0.5, 0.6) is 0 Å². The smallest absolute Gasteiger partial charge is 0.322 e. The zero-order chi connectivity index (χ0) is 15.1. The number of anilines is 1. The molecule has 21 heavy (non-hydrogen) atoms. The molecule has 1 atom stereocenters. The number of aliphatic carboxylic acids is 1. The SMILES string of the molecule is O=C(O)CCCN(C(=O)NC1CCSC1)c1ccccc1. The van der Waals surface area contributed by atoms with E-state index >= 15 is 0 Å². The Bertz CT molecular complexity index is 475. The second kappa shape index (κ2) is 7.93. The molecule has 114 valence electrons. The monoisotopic (exact) mass is 308 g/mol. The number of benzene rings is 1. The van der Waals surface area contributed by atoms with Gasteiger partial charge in [0.05, 0.1) is 0 Å². The number of carbonyl (C=O) groups is 2. The summed E-state index contributed by atoms with van der Waals surface area (Å²) in [5, 5.41) is 11.8. The van der Waals surface area contributed by atoms with Gasteiger partial charge in [0, 0.05) is 30.4 Å². The Balaban J connectivity index is 1.99. The van der Waals surface area contributed by atoms with Crippen LogP contribution >= 0.6 is 11.8 Å². The average molecular weight is 308 g/mol. The van der Waals surface area contributed by atoms with Crippen molar-refractivity contribution >= 4 is 29.4 Å². The molecule has 0 spiro atoms. The third-order valence-corrected chi connectivity index (χ3v) is 4.51. The number of nitrogens with zero attached hydrogens (tertiary/aromatic N) is 1. The van der Waals surface area contributed by atoms with Crippen LogP contribution in [0.25, 0.3) is 0 Å². The normalized spacial score (nSPS) is 17.4. The minimum Gasteiger partial charge on any atom is -0.481 e. The van der Waals surface area contributed by atoms with Crippen molar-refractivity contribution in [3.8, 4) is 0 Å². The fourth-order valence-electron chi connectivity index (χ4n) is 2.25. The molecule has 1 heterocycles. The highest BCUT2D eigenvalue weighted by molar-refractivity contribution is 7.99. The van der Waals surface area contributed by atoms with Gasteiger partial charge in [-0.15, -0.1) is 0 Å². The van der Waals surface area contributed by atoms with Crippen molar-refractivity contribution in [1.82, 2.24) is 5.32 Å². The number of amides is 2. The van der Waals surface area contributed by atoms with Crippen LogP contribution in [0.15, 0.2) is 30.3 Å². The third-order valence-electron chi connectivity index (χ3n) is 3.34. The summed E-state index contributed by atoms with van der Waals surface area (Å²) < 4.78 is 0. The molecule has 0 radical (unpaired) electrons. The van der Waals surface area contributed by atoms with Crippen molar-refractivity contribution in [3.05, 3.63) is 30.3 Å². The molecule has 1 fully saturated rings. The van der Waals surface area contributed by atoms with Crippen LogP contribution in [0.3, 0.4) is 0 Å². The molecule has 1 unspecified atom stereocenters. The van der Waals surface area contributed by atoms with Crippen molar-refractivity contribution in [2.24, 2.45) is 0 Å². The zero-order valence-electron chi connectivity index (χ0n) is 11.8. The van der Waals surface area contributed by atoms with E-state index in [4.69, 9.17) is 5.11 Å². The summed E-state index contributed by atoms with van der Waals surface area (Å²) in [5.41, 5.74) is 0.797. The average Bonchev–Trinajstić information content (AvgIpc) is 2.97. The number of para-hydroxylation sites is 1. The quantitative estimate of drug-likeness (QED) is 0.847. The third kappa shape index (κ3) is 4.97. The Hall–Kier alpha value is -1.69. The van der Waals surface area contributed by atoms with E-state index in [1.54, 1.807) is 4.90 Å². The first-order chi connectivity index (χ1) is 10.2. The number of nitrogens with one attached hydrogen (secondary N) is 1. The summed E-state index contributed by atoms with van der Waals surface area (Å²) in [6.07, 6.45) is 1.50. The second-order valence-electron chi connectivity index (χ2n) is 4.99. The maximum atomic E-state index is 12.4. The fraction of sp³-hybridized carbons (Fsp3) is 0.467. The molecular weight excluding hydrogens is 288 g/mol. The Kier molecular flexibility index (Phi) is 5.92. The van der Waals surface area contributed by atoms with Crippen molar-refractivity contribution in [3.63, 3.8) is 0 Å². The van der Waals surface area contributed by atoms with E-state index in [0.717, 1.165) is 23.6 Å². The van der Waals surface area contributed by atoms with Gasteiger partial charge in [0.25, 0.3) is 0 Å². The lowest BCUT2D eigenvalue weighted by molar-refractivity contribution is -0.137. The number of thioether (sulfide) groups is 1. The molecule has 2 amide bonds. The number of carboxylic acids is 1. The first kappa shape index (κ1) is 15.7. The molecule has 0 bridgehead atoms. The van der Waals surface area contributed by atoms with Gasteiger partial charge in [-0.25, -0.2) is 4.79 Å². The standard InChI is InChI=1S/C15H20N2O3S/c18-14(19)7-4-9-17(13-5-2-1-3-6-13)15(20)16-12-8-10-21-11-12/h1-3,5-6,12H,4,7-11H2,(H,16,20)(H,18,19). The van der Waals surface area contributed by atoms with Crippen LogP contribution < -0.4 is 10.2 Å². The van der Waals surface area contributed by atoms with E-state index in [-0.39, 0.29) is 18.5 Å². The number of hydrogen-bond donors (Lipinski definition) is 2. The molecular formula is C15H20N2O3S. The van der Waals surface area contributed by atoms with Crippen LogP contribution in [0, 0.1) is 0 Å². The Morgan fingerprint density at radius 1 is 1.33 bits per heavy atom. The first-order valence-corrected chi connectivity index (χ1v) is 8.25. The maximum absolute atomic E-state index is 12.4. The lowest BCUT2D eigenvalue weighted by Crippen LogP contribution is -2.45. The van der Waals surface area contributed by atoms with Crippen LogP contribution in [0.1, 0.15) is 19.3 Å². The van der Waals surface area contributed by atoms with E-state index in [2.05, 4.69) is 5.32 Å². The molecule has 1 aromatic carbocycles. The van der Waals surface area contributed by atoms with E-state index in [1.165, 1.54) is 0 Å². The van der Waals surface area contributed by atoms with Crippen molar-refractivity contribution < 1.29 is 14.7 Å². The van der Waals surface area contributed by atoms with Gasteiger partial charge in [-0.1, -0.05) is 18.2 Å². The fourth-order valence-corrected chi connectivity index (χ4v) is 3.40. The summed E-state index contributed by atoms with van der Waals surface area (Å²) in [7, 11) is 0. The molecule has 2 N–H and O–H groups in total. The number of carbonyl (C=O) groups excluding carboxylic acids is 1. The van der Waals surface area contributed by atoms with E-state index in [9.17, 15) is 9.59 Å². The lowest BCUT2D eigenvalue weighted by Gasteiger charge is -2.25. The van der Waals surface area contributed by atoms with Gasteiger partial charge in [0.15, 0.2) is 0 Å². The summed E-state index contributed by atoms with van der Waals surface area (Å²) in [4.78, 5) is 24.7. The van der Waals surface area contributed by atoms with Crippen LogP contribution in [-0.2, 0) is 4.79 Å². The van der Waals surface area contributed by atoms with Crippen molar-refractivity contribution in [1.29, 1.82) is 0 Å².